The van der Waals surface area contributed by atoms with Crippen LogP contribution in [-0.4, -0.2) is 45.4 Å². The minimum Gasteiger partial charge on any atom is -0.378 e. The fourth-order valence-corrected chi connectivity index (χ4v) is 3.67. The average molecular weight is 427 g/mol. The second-order valence-electron chi connectivity index (χ2n) is 6.36. The highest BCUT2D eigenvalue weighted by Gasteiger charge is 2.29. The predicted molar refractivity (Wildman–Crippen MR) is 103 cm³/mol. The standard InChI is InChI=1S/C18H19F2N3O5S/c19-18(20)29(26,27)15-5-6-16(17(11-15)23(24)25)21-12-13-1-3-14(4-2-13)22-7-9-28-10-8-22/h1-6,11,18,21H,7-10,12H2. The molecule has 1 aliphatic rings. The van der Waals surface area contributed by atoms with Crippen molar-refractivity contribution >= 4 is 26.9 Å². The summed E-state index contributed by atoms with van der Waals surface area (Å²) in [6.45, 7) is 3.19. The van der Waals surface area contributed by atoms with Gasteiger partial charge in [-0.05, 0) is 29.8 Å². The monoisotopic (exact) mass is 427 g/mol. The van der Waals surface area contributed by atoms with Crippen LogP contribution < -0.4 is 10.2 Å². The molecule has 1 heterocycles. The molecule has 0 radical (unpaired) electrons. The van der Waals surface area contributed by atoms with Gasteiger partial charge in [0.05, 0.1) is 23.0 Å². The lowest BCUT2D eigenvalue weighted by molar-refractivity contribution is -0.384. The summed E-state index contributed by atoms with van der Waals surface area (Å²) in [6.07, 6.45) is 0. The van der Waals surface area contributed by atoms with Crippen LogP contribution in [0.15, 0.2) is 47.4 Å². The van der Waals surface area contributed by atoms with Gasteiger partial charge in [0.15, 0.2) is 0 Å². The van der Waals surface area contributed by atoms with E-state index in [9.17, 15) is 27.3 Å². The summed E-state index contributed by atoms with van der Waals surface area (Å²) < 4.78 is 53.8. The number of nitrogens with zero attached hydrogens (tertiary/aromatic N) is 2. The summed E-state index contributed by atoms with van der Waals surface area (Å²) in [4.78, 5) is 11.9. The number of nitrogens with one attached hydrogen (secondary N) is 1. The van der Waals surface area contributed by atoms with Crippen molar-refractivity contribution in [2.45, 2.75) is 17.2 Å². The van der Waals surface area contributed by atoms with Crippen LogP contribution in [0.3, 0.4) is 0 Å². The van der Waals surface area contributed by atoms with Crippen LogP contribution in [-0.2, 0) is 21.1 Å². The molecule has 0 aliphatic carbocycles. The van der Waals surface area contributed by atoms with Crippen molar-refractivity contribution in [2.75, 3.05) is 36.5 Å². The third-order valence-corrected chi connectivity index (χ3v) is 5.90. The van der Waals surface area contributed by atoms with Gasteiger partial charge in [0.25, 0.3) is 5.69 Å². The summed E-state index contributed by atoms with van der Waals surface area (Å²) in [5, 5.41) is 14.1. The lowest BCUT2D eigenvalue weighted by atomic mass is 10.1. The van der Waals surface area contributed by atoms with E-state index in [0.717, 1.165) is 36.5 Å². The maximum absolute atomic E-state index is 12.7. The highest BCUT2D eigenvalue weighted by atomic mass is 32.2. The van der Waals surface area contributed by atoms with Crippen molar-refractivity contribution in [1.29, 1.82) is 0 Å². The molecule has 1 saturated heterocycles. The number of rotatable bonds is 7. The molecule has 0 bridgehead atoms. The van der Waals surface area contributed by atoms with Crippen molar-refractivity contribution in [3.8, 4) is 0 Å². The van der Waals surface area contributed by atoms with Crippen molar-refractivity contribution in [2.24, 2.45) is 0 Å². The van der Waals surface area contributed by atoms with Crippen LogP contribution in [0.1, 0.15) is 5.56 Å². The molecule has 156 valence electrons. The fourth-order valence-electron chi connectivity index (χ4n) is 2.94. The Bertz CT molecular complexity index is 977. The molecule has 1 N–H and O–H groups in total. The molecular weight excluding hydrogens is 408 g/mol. The van der Waals surface area contributed by atoms with Crippen LogP contribution in [0, 0.1) is 10.1 Å². The molecule has 0 unspecified atom stereocenters. The minimum atomic E-state index is -4.91. The minimum absolute atomic E-state index is 0.0421. The molecule has 0 spiro atoms. The predicted octanol–water partition coefficient (Wildman–Crippen LogP) is 3.04. The van der Waals surface area contributed by atoms with Gasteiger partial charge in [0.1, 0.15) is 5.69 Å². The smallest absolute Gasteiger partial charge is 0.341 e. The summed E-state index contributed by atoms with van der Waals surface area (Å²) in [5.41, 5.74) is 1.35. The number of hydrogen-bond donors (Lipinski definition) is 1. The number of sulfone groups is 1. The van der Waals surface area contributed by atoms with Crippen LogP contribution in [0.5, 0.6) is 0 Å². The number of hydrogen-bond acceptors (Lipinski definition) is 7. The van der Waals surface area contributed by atoms with E-state index in [-0.39, 0.29) is 12.2 Å². The zero-order valence-corrected chi connectivity index (χ0v) is 16.1. The third-order valence-electron chi connectivity index (χ3n) is 4.52. The highest BCUT2D eigenvalue weighted by Crippen LogP contribution is 2.30. The van der Waals surface area contributed by atoms with Crippen LogP contribution in [0.25, 0.3) is 0 Å². The second-order valence-corrected chi connectivity index (χ2v) is 8.28. The Morgan fingerprint density at radius 1 is 1.14 bits per heavy atom. The average Bonchev–Trinajstić information content (AvgIpc) is 2.73. The van der Waals surface area contributed by atoms with Gasteiger partial charge in [0, 0.05) is 31.4 Å². The van der Waals surface area contributed by atoms with Gasteiger partial charge in [-0.2, -0.15) is 8.78 Å². The Hall–Kier alpha value is -2.79. The third kappa shape index (κ3) is 4.80. The number of halogens is 2. The van der Waals surface area contributed by atoms with E-state index in [4.69, 9.17) is 4.74 Å². The van der Waals surface area contributed by atoms with Gasteiger partial charge in [-0.15, -0.1) is 0 Å². The molecule has 11 heteroatoms. The first-order chi connectivity index (χ1) is 13.8. The number of benzene rings is 2. The van der Waals surface area contributed by atoms with Crippen LogP contribution >= 0.6 is 0 Å². The van der Waals surface area contributed by atoms with Gasteiger partial charge in [-0.3, -0.25) is 10.1 Å². The summed E-state index contributed by atoms with van der Waals surface area (Å²) in [6, 6.07) is 10.3. The number of nitro groups is 1. The molecule has 0 saturated carbocycles. The molecule has 2 aromatic carbocycles. The number of morpholine rings is 1. The zero-order chi connectivity index (χ0) is 21.0. The van der Waals surface area contributed by atoms with Gasteiger partial charge >= 0.3 is 5.76 Å². The van der Waals surface area contributed by atoms with E-state index in [2.05, 4.69) is 10.2 Å². The molecule has 8 nitrogen and oxygen atoms in total. The lowest BCUT2D eigenvalue weighted by Crippen LogP contribution is -2.36. The van der Waals surface area contributed by atoms with E-state index < -0.39 is 31.1 Å². The molecule has 0 atom stereocenters. The van der Waals surface area contributed by atoms with Crippen molar-refractivity contribution in [1.82, 2.24) is 0 Å². The van der Waals surface area contributed by atoms with Crippen LogP contribution in [0.2, 0.25) is 0 Å². The van der Waals surface area contributed by atoms with Gasteiger partial charge in [-0.1, -0.05) is 12.1 Å². The highest BCUT2D eigenvalue weighted by molar-refractivity contribution is 7.91. The molecule has 1 fully saturated rings. The fraction of sp³-hybridized carbons (Fsp3) is 0.333. The van der Waals surface area contributed by atoms with Crippen molar-refractivity contribution < 1.29 is 26.9 Å². The van der Waals surface area contributed by atoms with E-state index in [0.29, 0.717) is 19.3 Å². The number of nitro benzene ring substituents is 1. The maximum atomic E-state index is 12.7. The Balaban J connectivity index is 1.73. The molecule has 1 aliphatic heterocycles. The Morgan fingerprint density at radius 3 is 2.38 bits per heavy atom. The van der Waals surface area contributed by atoms with Crippen molar-refractivity contribution in [3.63, 3.8) is 0 Å². The molecule has 2 aromatic rings. The molecular formula is C18H19F2N3O5S. The van der Waals surface area contributed by atoms with Gasteiger partial charge in [0.2, 0.25) is 9.84 Å². The van der Waals surface area contributed by atoms with E-state index in [1.807, 2.05) is 24.3 Å². The summed E-state index contributed by atoms with van der Waals surface area (Å²) in [7, 11) is -4.91. The molecule has 3 rings (SSSR count). The number of ether oxygens (including phenoxy) is 1. The molecule has 29 heavy (non-hydrogen) atoms. The largest absolute Gasteiger partial charge is 0.378 e. The van der Waals surface area contributed by atoms with E-state index >= 15 is 0 Å². The quantitative estimate of drug-likeness (QED) is 0.535. The first-order valence-corrected chi connectivity index (χ1v) is 10.3. The second kappa shape index (κ2) is 8.70. The Labute approximate surface area is 166 Å². The maximum Gasteiger partial charge on any atom is 0.341 e. The van der Waals surface area contributed by atoms with Crippen molar-refractivity contribution in [3.05, 3.63) is 58.1 Å². The van der Waals surface area contributed by atoms with Gasteiger partial charge < -0.3 is 15.0 Å². The molecule has 0 amide bonds. The normalized spacial score (nSPS) is 14.8. The lowest BCUT2D eigenvalue weighted by Gasteiger charge is -2.28. The number of anilines is 2. The Kier molecular flexibility index (Phi) is 6.28. The molecule has 0 aromatic heterocycles. The van der Waals surface area contributed by atoms with Crippen LogP contribution in [0.4, 0.5) is 25.8 Å². The summed E-state index contributed by atoms with van der Waals surface area (Å²) >= 11 is 0. The first-order valence-electron chi connectivity index (χ1n) is 8.75. The van der Waals surface area contributed by atoms with E-state index in [1.54, 1.807) is 0 Å². The zero-order valence-electron chi connectivity index (χ0n) is 15.3. The first kappa shape index (κ1) is 20.9. The Morgan fingerprint density at radius 2 is 1.79 bits per heavy atom. The van der Waals surface area contributed by atoms with Gasteiger partial charge in [-0.25, -0.2) is 8.42 Å². The number of alkyl halides is 2. The van der Waals surface area contributed by atoms with E-state index in [1.165, 1.54) is 0 Å². The summed E-state index contributed by atoms with van der Waals surface area (Å²) in [5.74, 6) is -3.65. The topological polar surface area (TPSA) is 102 Å². The SMILES string of the molecule is O=[N+]([O-])c1cc(S(=O)(=O)C(F)F)ccc1NCc1ccc(N2CCOCC2)cc1.